The van der Waals surface area contributed by atoms with Crippen LogP contribution in [0.25, 0.3) is 22.2 Å². The van der Waals surface area contributed by atoms with E-state index in [0.717, 1.165) is 16.6 Å². The lowest BCUT2D eigenvalue weighted by atomic mass is 10.1. The minimum atomic E-state index is 0.165. The Morgan fingerprint density at radius 2 is 2.11 bits per heavy atom. The molecule has 0 atom stereocenters. The molecule has 0 bridgehead atoms. The van der Waals surface area contributed by atoms with Crippen LogP contribution in [0.5, 0.6) is 5.75 Å². The van der Waals surface area contributed by atoms with Crippen LogP contribution in [0.15, 0.2) is 36.5 Å². The maximum atomic E-state index is 9.79. The van der Waals surface area contributed by atoms with Crippen LogP contribution < -0.4 is 5.73 Å². The smallest absolute Gasteiger partial charge is 0.141 e. The van der Waals surface area contributed by atoms with E-state index in [2.05, 4.69) is 10.1 Å². The Morgan fingerprint density at radius 1 is 1.28 bits per heavy atom. The fraction of sp³-hybridized carbons (Fsp3) is 0.0769. The lowest BCUT2D eigenvalue weighted by molar-refractivity contribution is 0.480. The van der Waals surface area contributed by atoms with Crippen molar-refractivity contribution in [2.24, 2.45) is 7.05 Å². The molecule has 90 valence electrons. The summed E-state index contributed by atoms with van der Waals surface area (Å²) < 4.78 is 1.62. The maximum Gasteiger partial charge on any atom is 0.141 e. The van der Waals surface area contributed by atoms with Crippen LogP contribution in [0.1, 0.15) is 0 Å². The zero-order valence-corrected chi connectivity index (χ0v) is 9.83. The molecular formula is C13H12N4O. The van der Waals surface area contributed by atoms with Crippen LogP contribution in [-0.2, 0) is 7.05 Å². The van der Waals surface area contributed by atoms with Crippen molar-refractivity contribution in [1.29, 1.82) is 0 Å². The van der Waals surface area contributed by atoms with Gasteiger partial charge in [-0.2, -0.15) is 5.10 Å². The van der Waals surface area contributed by atoms with Gasteiger partial charge >= 0.3 is 0 Å². The monoisotopic (exact) mass is 240 g/mol. The summed E-state index contributed by atoms with van der Waals surface area (Å²) in [5.41, 5.74) is 8.03. The number of pyridine rings is 1. The minimum Gasteiger partial charge on any atom is -0.506 e. The molecule has 5 heteroatoms. The molecule has 0 amide bonds. The molecular weight excluding hydrogens is 228 g/mol. The number of nitrogen functional groups attached to an aromatic ring is 1. The Labute approximate surface area is 103 Å². The van der Waals surface area contributed by atoms with Gasteiger partial charge in [-0.05, 0) is 18.2 Å². The first-order valence-electron chi connectivity index (χ1n) is 5.53. The summed E-state index contributed by atoms with van der Waals surface area (Å²) in [6.45, 7) is 0. The van der Waals surface area contributed by atoms with Gasteiger partial charge in [0.1, 0.15) is 17.1 Å². The number of nitrogens with zero attached hydrogens (tertiary/aromatic N) is 3. The lowest BCUT2D eigenvalue weighted by Crippen LogP contribution is -1.96. The van der Waals surface area contributed by atoms with Gasteiger partial charge in [0.25, 0.3) is 0 Å². The van der Waals surface area contributed by atoms with Crippen molar-refractivity contribution in [3.8, 4) is 17.0 Å². The Morgan fingerprint density at radius 3 is 2.83 bits per heavy atom. The third-order valence-electron chi connectivity index (χ3n) is 2.94. The van der Waals surface area contributed by atoms with E-state index in [0.29, 0.717) is 11.3 Å². The van der Waals surface area contributed by atoms with Crippen LogP contribution in [0.3, 0.4) is 0 Å². The lowest BCUT2D eigenvalue weighted by Gasteiger charge is -2.04. The number of phenolic OH excluding ortho intramolecular Hbond substituents is 1. The number of hydrogen-bond donors (Lipinski definition) is 2. The normalized spacial score (nSPS) is 10.9. The Bertz CT molecular complexity index is 713. The number of nitrogens with two attached hydrogens (primary N) is 1. The van der Waals surface area contributed by atoms with E-state index in [1.807, 2.05) is 18.2 Å². The average Bonchev–Trinajstić information content (AvgIpc) is 2.70. The number of aromatic hydroxyl groups is 1. The first-order chi connectivity index (χ1) is 8.66. The van der Waals surface area contributed by atoms with E-state index in [1.165, 1.54) is 0 Å². The third kappa shape index (κ3) is 1.48. The molecule has 3 N–H and O–H groups in total. The fourth-order valence-corrected chi connectivity index (χ4v) is 1.99. The van der Waals surface area contributed by atoms with Crippen LogP contribution in [0.4, 0.5) is 5.82 Å². The highest BCUT2D eigenvalue weighted by molar-refractivity contribution is 5.97. The van der Waals surface area contributed by atoms with Crippen molar-refractivity contribution in [3.05, 3.63) is 36.5 Å². The van der Waals surface area contributed by atoms with E-state index in [1.54, 1.807) is 30.1 Å². The topological polar surface area (TPSA) is 77.0 Å². The number of fused-ring (bicyclic) bond motifs is 1. The molecule has 5 nitrogen and oxygen atoms in total. The number of rotatable bonds is 1. The second kappa shape index (κ2) is 3.73. The second-order valence-corrected chi connectivity index (χ2v) is 4.11. The first-order valence-corrected chi connectivity index (χ1v) is 5.53. The summed E-state index contributed by atoms with van der Waals surface area (Å²) in [4.78, 5) is 4.18. The Balaban J connectivity index is 2.33. The Kier molecular flexibility index (Phi) is 2.19. The highest BCUT2D eigenvalue weighted by Crippen LogP contribution is 2.32. The fourth-order valence-electron chi connectivity index (χ4n) is 1.99. The van der Waals surface area contributed by atoms with Crippen LogP contribution in [0, 0.1) is 0 Å². The van der Waals surface area contributed by atoms with Crippen molar-refractivity contribution in [3.63, 3.8) is 0 Å². The summed E-state index contributed by atoms with van der Waals surface area (Å²) in [5.74, 6) is 0.758. The van der Waals surface area contributed by atoms with Crippen molar-refractivity contribution in [2.45, 2.75) is 0 Å². The van der Waals surface area contributed by atoms with E-state index in [4.69, 9.17) is 5.73 Å². The minimum absolute atomic E-state index is 0.165. The van der Waals surface area contributed by atoms with Crippen molar-refractivity contribution in [2.75, 3.05) is 5.73 Å². The van der Waals surface area contributed by atoms with Crippen molar-refractivity contribution >= 4 is 16.7 Å². The first kappa shape index (κ1) is 10.6. The van der Waals surface area contributed by atoms with Gasteiger partial charge in [-0.25, -0.2) is 0 Å². The molecule has 3 aromatic rings. The number of aryl methyl sites for hydroxylation is 1. The van der Waals surface area contributed by atoms with E-state index < -0.39 is 0 Å². The highest BCUT2D eigenvalue weighted by Gasteiger charge is 2.11. The second-order valence-electron chi connectivity index (χ2n) is 4.11. The molecule has 0 unspecified atom stereocenters. The summed E-state index contributed by atoms with van der Waals surface area (Å²) >= 11 is 0. The molecule has 2 heterocycles. The number of benzene rings is 1. The van der Waals surface area contributed by atoms with Gasteiger partial charge in [-0.15, -0.1) is 0 Å². The molecule has 0 aliphatic heterocycles. The van der Waals surface area contributed by atoms with Gasteiger partial charge in [-0.3, -0.25) is 9.67 Å². The predicted molar refractivity (Wildman–Crippen MR) is 70.0 cm³/mol. The summed E-state index contributed by atoms with van der Waals surface area (Å²) in [6, 6.07) is 8.98. The number of aromatic nitrogens is 3. The number of hydrogen-bond acceptors (Lipinski definition) is 4. The van der Waals surface area contributed by atoms with E-state index in [-0.39, 0.29) is 5.75 Å². The van der Waals surface area contributed by atoms with E-state index in [9.17, 15) is 5.11 Å². The molecule has 0 spiro atoms. The summed E-state index contributed by atoms with van der Waals surface area (Å²) in [6.07, 6.45) is 1.65. The largest absolute Gasteiger partial charge is 0.506 e. The maximum absolute atomic E-state index is 9.79. The standard InChI is InChI=1S/C13H12N4O/c1-17-12(14)7-10(16-17)8-4-5-11(18)13-9(8)3-2-6-15-13/h2-7,18H,14H2,1H3. The van der Waals surface area contributed by atoms with Gasteiger partial charge in [0.05, 0.1) is 5.69 Å². The van der Waals surface area contributed by atoms with Crippen LogP contribution in [0.2, 0.25) is 0 Å². The molecule has 0 radical (unpaired) electrons. The molecule has 0 aliphatic carbocycles. The highest BCUT2D eigenvalue weighted by atomic mass is 16.3. The van der Waals surface area contributed by atoms with Crippen molar-refractivity contribution in [1.82, 2.24) is 14.8 Å². The zero-order valence-electron chi connectivity index (χ0n) is 9.83. The van der Waals surface area contributed by atoms with Gasteiger partial charge in [-0.1, -0.05) is 6.07 Å². The van der Waals surface area contributed by atoms with Gasteiger partial charge in [0.2, 0.25) is 0 Å². The quantitative estimate of drug-likeness (QED) is 0.681. The zero-order chi connectivity index (χ0) is 12.7. The third-order valence-corrected chi connectivity index (χ3v) is 2.94. The van der Waals surface area contributed by atoms with Gasteiger partial charge in [0, 0.05) is 30.3 Å². The number of anilines is 1. The molecule has 0 aliphatic rings. The molecule has 18 heavy (non-hydrogen) atoms. The summed E-state index contributed by atoms with van der Waals surface area (Å²) in [5, 5.41) is 15.0. The van der Waals surface area contributed by atoms with Crippen LogP contribution >= 0.6 is 0 Å². The molecule has 0 saturated heterocycles. The van der Waals surface area contributed by atoms with Crippen molar-refractivity contribution < 1.29 is 5.11 Å². The predicted octanol–water partition coefficient (Wildman–Crippen LogP) is 1.92. The molecule has 0 fully saturated rings. The summed E-state index contributed by atoms with van der Waals surface area (Å²) in [7, 11) is 1.79. The average molecular weight is 240 g/mol. The van der Waals surface area contributed by atoms with E-state index >= 15 is 0 Å². The molecule has 2 aromatic heterocycles. The number of phenols is 1. The molecule has 0 saturated carbocycles. The van der Waals surface area contributed by atoms with Crippen LogP contribution in [-0.4, -0.2) is 19.9 Å². The van der Waals surface area contributed by atoms with Gasteiger partial charge in [0.15, 0.2) is 0 Å². The molecule has 3 rings (SSSR count). The molecule has 1 aromatic carbocycles. The SMILES string of the molecule is Cn1nc(-c2ccc(O)c3ncccc23)cc1N. The Hall–Kier alpha value is -2.56. The van der Waals surface area contributed by atoms with Gasteiger partial charge < -0.3 is 10.8 Å².